The molecule has 1 aliphatic rings. The fourth-order valence-corrected chi connectivity index (χ4v) is 3.18. The highest BCUT2D eigenvalue weighted by Gasteiger charge is 2.25. The van der Waals surface area contributed by atoms with Crippen molar-refractivity contribution in [3.63, 3.8) is 0 Å². The number of nitrogens with one attached hydrogen (secondary N) is 1. The van der Waals surface area contributed by atoms with Gasteiger partial charge in [-0.05, 0) is 57.6 Å². The second kappa shape index (κ2) is 7.23. The second-order valence-corrected chi connectivity index (χ2v) is 6.00. The van der Waals surface area contributed by atoms with Crippen LogP contribution in [0.2, 0.25) is 0 Å². The molecule has 0 radical (unpaired) electrons. The Bertz CT molecular complexity index is 422. The van der Waals surface area contributed by atoms with Gasteiger partial charge >= 0.3 is 0 Å². The highest BCUT2D eigenvalue weighted by atomic mass is 16.5. The first kappa shape index (κ1) is 15.5. The van der Waals surface area contributed by atoms with Gasteiger partial charge in [0, 0.05) is 25.4 Å². The van der Waals surface area contributed by atoms with E-state index < -0.39 is 0 Å². The van der Waals surface area contributed by atoms with Gasteiger partial charge in [-0.15, -0.1) is 0 Å². The maximum atomic E-state index is 5.57. The fraction of sp³-hybridized carbons (Fsp3) is 0.812. The Kier molecular flexibility index (Phi) is 5.61. The number of rotatable bonds is 7. The molecule has 1 aromatic heterocycles. The van der Waals surface area contributed by atoms with Gasteiger partial charge < -0.3 is 10.1 Å². The smallest absolute Gasteiger partial charge is 0.0628 e. The summed E-state index contributed by atoms with van der Waals surface area (Å²) in [5.41, 5.74) is 3.91. The standard InChI is InChI=1S/C16H29N3O/c1-5-9-17-16(14-8-10-20-11-14)7-6-15-12(2)18-19(4)13(15)3/h14,16-17H,5-11H2,1-4H3. The summed E-state index contributed by atoms with van der Waals surface area (Å²) in [6, 6.07) is 0.580. The normalized spacial score (nSPS) is 20.5. The maximum absolute atomic E-state index is 5.57. The lowest BCUT2D eigenvalue weighted by Gasteiger charge is -2.24. The minimum atomic E-state index is 0.580. The van der Waals surface area contributed by atoms with Crippen molar-refractivity contribution in [3.8, 4) is 0 Å². The van der Waals surface area contributed by atoms with Crippen molar-refractivity contribution in [2.75, 3.05) is 19.8 Å². The third-order valence-corrected chi connectivity index (χ3v) is 4.55. The van der Waals surface area contributed by atoms with E-state index in [4.69, 9.17) is 4.74 Å². The van der Waals surface area contributed by atoms with Crippen molar-refractivity contribution in [1.29, 1.82) is 0 Å². The van der Waals surface area contributed by atoms with E-state index in [1.54, 1.807) is 0 Å². The molecule has 0 bridgehead atoms. The Morgan fingerprint density at radius 3 is 2.80 bits per heavy atom. The van der Waals surface area contributed by atoms with Crippen LogP contribution in [-0.4, -0.2) is 35.6 Å². The summed E-state index contributed by atoms with van der Waals surface area (Å²) in [4.78, 5) is 0. The molecule has 2 atom stereocenters. The van der Waals surface area contributed by atoms with E-state index in [-0.39, 0.29) is 0 Å². The molecule has 0 spiro atoms. The lowest BCUT2D eigenvalue weighted by atomic mass is 9.92. The zero-order chi connectivity index (χ0) is 14.5. The lowest BCUT2D eigenvalue weighted by molar-refractivity contribution is 0.175. The minimum Gasteiger partial charge on any atom is -0.381 e. The number of ether oxygens (including phenoxy) is 1. The molecule has 2 rings (SSSR count). The predicted molar refractivity (Wildman–Crippen MR) is 82.0 cm³/mol. The van der Waals surface area contributed by atoms with Crippen LogP contribution in [0.4, 0.5) is 0 Å². The second-order valence-electron chi connectivity index (χ2n) is 6.00. The number of hydrogen-bond acceptors (Lipinski definition) is 3. The van der Waals surface area contributed by atoms with Crippen LogP contribution in [-0.2, 0) is 18.2 Å². The molecule has 0 amide bonds. The number of nitrogens with zero attached hydrogens (tertiary/aromatic N) is 2. The van der Waals surface area contributed by atoms with Crippen LogP contribution >= 0.6 is 0 Å². The summed E-state index contributed by atoms with van der Waals surface area (Å²) >= 11 is 0. The molecule has 1 aliphatic heterocycles. The molecular formula is C16H29N3O. The van der Waals surface area contributed by atoms with E-state index in [0.29, 0.717) is 12.0 Å². The third kappa shape index (κ3) is 3.61. The highest BCUT2D eigenvalue weighted by molar-refractivity contribution is 5.24. The van der Waals surface area contributed by atoms with Crippen LogP contribution in [0.1, 0.15) is 43.1 Å². The molecule has 0 aromatic carbocycles. The van der Waals surface area contributed by atoms with Gasteiger partial charge in [0.1, 0.15) is 0 Å². The zero-order valence-electron chi connectivity index (χ0n) is 13.4. The van der Waals surface area contributed by atoms with Crippen molar-refractivity contribution in [2.24, 2.45) is 13.0 Å². The molecule has 4 heteroatoms. The van der Waals surface area contributed by atoms with Crippen LogP contribution < -0.4 is 5.32 Å². The summed E-state index contributed by atoms with van der Waals surface area (Å²) < 4.78 is 7.56. The van der Waals surface area contributed by atoms with Gasteiger partial charge in [0.25, 0.3) is 0 Å². The number of aryl methyl sites for hydroxylation is 2. The van der Waals surface area contributed by atoms with Crippen LogP contribution in [0, 0.1) is 19.8 Å². The molecule has 1 N–H and O–H groups in total. The largest absolute Gasteiger partial charge is 0.381 e. The Morgan fingerprint density at radius 1 is 1.45 bits per heavy atom. The molecule has 0 aliphatic carbocycles. The summed E-state index contributed by atoms with van der Waals surface area (Å²) in [5, 5.41) is 8.24. The average molecular weight is 279 g/mol. The predicted octanol–water partition coefficient (Wildman–Crippen LogP) is 2.37. The summed E-state index contributed by atoms with van der Waals surface area (Å²) in [7, 11) is 2.03. The van der Waals surface area contributed by atoms with Gasteiger partial charge in [-0.3, -0.25) is 4.68 Å². The van der Waals surface area contributed by atoms with Crippen molar-refractivity contribution < 1.29 is 4.74 Å². The molecule has 4 nitrogen and oxygen atoms in total. The third-order valence-electron chi connectivity index (χ3n) is 4.55. The van der Waals surface area contributed by atoms with Crippen molar-refractivity contribution in [3.05, 3.63) is 17.0 Å². The fourth-order valence-electron chi connectivity index (χ4n) is 3.18. The minimum absolute atomic E-state index is 0.580. The van der Waals surface area contributed by atoms with Gasteiger partial charge in [0.05, 0.1) is 12.3 Å². The Hall–Kier alpha value is -0.870. The molecule has 1 fully saturated rings. The van der Waals surface area contributed by atoms with Crippen molar-refractivity contribution in [1.82, 2.24) is 15.1 Å². The Labute approximate surface area is 122 Å². The van der Waals surface area contributed by atoms with E-state index in [9.17, 15) is 0 Å². The maximum Gasteiger partial charge on any atom is 0.0628 e. The first-order valence-electron chi connectivity index (χ1n) is 7.93. The molecule has 114 valence electrons. The van der Waals surface area contributed by atoms with Crippen LogP contribution in [0.25, 0.3) is 0 Å². The van der Waals surface area contributed by atoms with E-state index in [0.717, 1.165) is 26.2 Å². The summed E-state index contributed by atoms with van der Waals surface area (Å²) in [6.45, 7) is 9.47. The zero-order valence-corrected chi connectivity index (χ0v) is 13.4. The van der Waals surface area contributed by atoms with Gasteiger partial charge in [0.2, 0.25) is 0 Å². The quantitative estimate of drug-likeness (QED) is 0.833. The Morgan fingerprint density at radius 2 is 2.25 bits per heavy atom. The van der Waals surface area contributed by atoms with Crippen LogP contribution in [0.5, 0.6) is 0 Å². The van der Waals surface area contributed by atoms with E-state index in [1.165, 1.54) is 36.2 Å². The molecule has 1 saturated heterocycles. The molecule has 1 aromatic rings. The first-order chi connectivity index (χ1) is 9.63. The van der Waals surface area contributed by atoms with Crippen molar-refractivity contribution in [2.45, 2.75) is 52.5 Å². The summed E-state index contributed by atoms with van der Waals surface area (Å²) in [6.07, 6.45) is 4.69. The molecule has 2 unspecified atom stereocenters. The molecule has 20 heavy (non-hydrogen) atoms. The first-order valence-corrected chi connectivity index (χ1v) is 7.93. The SMILES string of the molecule is CCCNC(CCc1c(C)nn(C)c1C)C1CCOC1. The van der Waals surface area contributed by atoms with E-state index in [2.05, 4.69) is 31.2 Å². The summed E-state index contributed by atoms with van der Waals surface area (Å²) in [5.74, 6) is 0.679. The van der Waals surface area contributed by atoms with Crippen molar-refractivity contribution >= 4 is 0 Å². The molecule has 2 heterocycles. The van der Waals surface area contributed by atoms with Gasteiger partial charge in [-0.1, -0.05) is 6.92 Å². The van der Waals surface area contributed by atoms with E-state index in [1.807, 2.05) is 11.7 Å². The van der Waals surface area contributed by atoms with Gasteiger partial charge in [0.15, 0.2) is 0 Å². The highest BCUT2D eigenvalue weighted by Crippen LogP contribution is 2.22. The average Bonchev–Trinajstić information content (AvgIpc) is 3.02. The topological polar surface area (TPSA) is 39.1 Å². The number of hydrogen-bond donors (Lipinski definition) is 1. The van der Waals surface area contributed by atoms with Crippen LogP contribution in [0.15, 0.2) is 0 Å². The molecular weight excluding hydrogens is 250 g/mol. The van der Waals surface area contributed by atoms with Gasteiger partial charge in [-0.2, -0.15) is 5.10 Å². The molecule has 0 saturated carbocycles. The van der Waals surface area contributed by atoms with Crippen LogP contribution in [0.3, 0.4) is 0 Å². The lowest BCUT2D eigenvalue weighted by Crippen LogP contribution is -2.37. The van der Waals surface area contributed by atoms with Gasteiger partial charge in [-0.25, -0.2) is 0 Å². The monoisotopic (exact) mass is 279 g/mol. The Balaban J connectivity index is 1.96. The number of aromatic nitrogens is 2. The van der Waals surface area contributed by atoms with E-state index >= 15 is 0 Å².